The average Bonchev–Trinajstić information content (AvgIpc) is 2.82. The summed E-state index contributed by atoms with van der Waals surface area (Å²) in [6.45, 7) is 10.9. The molecule has 0 saturated carbocycles. The van der Waals surface area contributed by atoms with Crippen molar-refractivity contribution in [2.45, 2.75) is 39.7 Å². The molecule has 5 nitrogen and oxygen atoms in total. The maximum absolute atomic E-state index is 5.84. The van der Waals surface area contributed by atoms with Crippen LogP contribution in [0.15, 0.2) is 4.99 Å². The first kappa shape index (κ1) is 17.8. The van der Waals surface area contributed by atoms with Crippen molar-refractivity contribution in [3.05, 3.63) is 0 Å². The van der Waals surface area contributed by atoms with E-state index in [4.69, 9.17) is 13.3 Å². The Hall–Kier alpha value is -0.273. The first-order chi connectivity index (χ1) is 9.65. The highest BCUT2D eigenvalue weighted by molar-refractivity contribution is 6.60. The monoisotopic (exact) mass is 302 g/mol. The topological polar surface area (TPSA) is 43.3 Å². The molecule has 1 rings (SSSR count). The van der Waals surface area contributed by atoms with Crippen molar-refractivity contribution < 1.29 is 13.3 Å². The molecule has 6 heteroatoms. The van der Waals surface area contributed by atoms with Crippen LogP contribution >= 0.6 is 0 Å². The minimum absolute atomic E-state index is 0.644. The summed E-state index contributed by atoms with van der Waals surface area (Å²) < 4.78 is 17.5. The van der Waals surface area contributed by atoms with Crippen molar-refractivity contribution in [3.63, 3.8) is 0 Å². The van der Waals surface area contributed by atoms with Crippen LogP contribution in [-0.4, -0.2) is 65.9 Å². The van der Waals surface area contributed by atoms with E-state index < -0.39 is 8.80 Å². The van der Waals surface area contributed by atoms with E-state index in [9.17, 15) is 0 Å². The predicted octanol–water partition coefficient (Wildman–Crippen LogP) is 2.20. The summed E-state index contributed by atoms with van der Waals surface area (Å²) in [6, 6.07) is 0.856. The smallest absolute Gasteiger partial charge is 0.374 e. The second-order valence-corrected chi connectivity index (χ2v) is 7.75. The van der Waals surface area contributed by atoms with Crippen molar-refractivity contribution in [1.82, 2.24) is 4.90 Å². The van der Waals surface area contributed by atoms with E-state index in [0.717, 1.165) is 38.5 Å². The molecule has 0 radical (unpaired) electrons. The number of aliphatic imine (C=N–C) groups is 1. The first-order valence-corrected chi connectivity index (χ1v) is 9.71. The van der Waals surface area contributed by atoms with Crippen LogP contribution in [0, 0.1) is 0 Å². The summed E-state index contributed by atoms with van der Waals surface area (Å²) in [5.74, 6) is 0. The molecule has 1 saturated heterocycles. The highest BCUT2D eigenvalue weighted by atomic mass is 28.4. The summed E-state index contributed by atoms with van der Waals surface area (Å²) in [6.07, 6.45) is 2.08. The molecular weight excluding hydrogens is 272 g/mol. The highest BCUT2D eigenvalue weighted by Crippen LogP contribution is 2.18. The fourth-order valence-electron chi connectivity index (χ4n) is 2.45. The van der Waals surface area contributed by atoms with Gasteiger partial charge in [0, 0.05) is 51.2 Å². The summed E-state index contributed by atoms with van der Waals surface area (Å²) in [5.41, 5.74) is 1.32. The van der Waals surface area contributed by atoms with Gasteiger partial charge in [-0.05, 0) is 40.7 Å². The Kier molecular flexibility index (Phi) is 8.56. The Morgan fingerprint density at radius 1 is 1.10 bits per heavy atom. The van der Waals surface area contributed by atoms with Crippen LogP contribution < -0.4 is 0 Å². The summed E-state index contributed by atoms with van der Waals surface area (Å²) in [5, 5.41) is 0. The van der Waals surface area contributed by atoms with Gasteiger partial charge >= 0.3 is 8.80 Å². The molecule has 118 valence electrons. The van der Waals surface area contributed by atoms with Crippen LogP contribution in [0.4, 0.5) is 0 Å². The Balaban J connectivity index is 2.40. The molecular formula is C14H30N2O3Si. The highest BCUT2D eigenvalue weighted by Gasteiger charge is 2.39. The third-order valence-corrected chi connectivity index (χ3v) is 6.46. The van der Waals surface area contributed by atoms with Crippen LogP contribution in [0.1, 0.15) is 33.6 Å². The van der Waals surface area contributed by atoms with Crippen LogP contribution in [0.5, 0.6) is 0 Å². The van der Waals surface area contributed by atoms with Gasteiger partial charge in [0.05, 0.1) is 0 Å². The van der Waals surface area contributed by atoms with E-state index in [1.807, 2.05) is 20.8 Å². The fourth-order valence-corrected chi connectivity index (χ4v) is 5.05. The summed E-state index contributed by atoms with van der Waals surface area (Å²) >= 11 is 0. The van der Waals surface area contributed by atoms with E-state index in [1.54, 1.807) is 0 Å². The molecule has 0 aromatic heterocycles. The van der Waals surface area contributed by atoms with Crippen molar-refractivity contribution in [2.24, 2.45) is 4.99 Å². The van der Waals surface area contributed by atoms with Gasteiger partial charge in [-0.15, -0.1) is 0 Å². The largest absolute Gasteiger partial charge is 0.500 e. The van der Waals surface area contributed by atoms with Crippen LogP contribution in [-0.2, 0) is 13.3 Å². The minimum Gasteiger partial charge on any atom is -0.374 e. The SMILES string of the molecule is CCO[Si](CCCN=C1CCN(C)C1)(OCC)OCC. The maximum atomic E-state index is 5.84. The first-order valence-electron chi connectivity index (χ1n) is 7.78. The van der Waals surface area contributed by atoms with Crippen LogP contribution in [0.2, 0.25) is 6.04 Å². The second-order valence-electron chi connectivity index (χ2n) is 5.02. The molecule has 0 aromatic rings. The number of hydrogen-bond donors (Lipinski definition) is 0. The molecule has 1 fully saturated rings. The molecule has 0 bridgehead atoms. The Bertz CT molecular complexity index is 283. The van der Waals surface area contributed by atoms with Crippen LogP contribution in [0.3, 0.4) is 0 Å². The third kappa shape index (κ3) is 6.01. The van der Waals surface area contributed by atoms with E-state index in [1.165, 1.54) is 5.71 Å². The standard InChI is InChI=1S/C14H30N2O3Si/c1-5-17-20(18-6-2,19-7-3)12-8-10-15-14-9-11-16(4)13-14/h5-13H2,1-4H3. The van der Waals surface area contributed by atoms with Crippen molar-refractivity contribution in [2.75, 3.05) is 46.5 Å². The number of likely N-dealkylation sites (tertiary alicyclic amines) is 1. The van der Waals surface area contributed by atoms with Gasteiger partial charge in [0.1, 0.15) is 0 Å². The lowest BCUT2D eigenvalue weighted by atomic mass is 10.3. The summed E-state index contributed by atoms with van der Waals surface area (Å²) in [4.78, 5) is 6.99. The quantitative estimate of drug-likeness (QED) is 0.458. The second kappa shape index (κ2) is 9.62. The molecule has 0 unspecified atom stereocenters. The molecule has 0 N–H and O–H groups in total. The molecule has 1 aliphatic rings. The predicted molar refractivity (Wildman–Crippen MR) is 84.5 cm³/mol. The average molecular weight is 302 g/mol. The molecule has 1 aliphatic heterocycles. The minimum atomic E-state index is -2.47. The zero-order valence-corrected chi connectivity index (χ0v) is 14.5. The molecule has 0 aliphatic carbocycles. The van der Waals surface area contributed by atoms with Crippen molar-refractivity contribution in [1.29, 1.82) is 0 Å². The van der Waals surface area contributed by atoms with Gasteiger partial charge in [-0.25, -0.2) is 0 Å². The number of hydrogen-bond acceptors (Lipinski definition) is 5. The lowest BCUT2D eigenvalue weighted by Gasteiger charge is -2.28. The number of rotatable bonds is 10. The Labute approximate surface area is 124 Å². The molecule has 1 heterocycles. The number of nitrogens with zero attached hydrogens (tertiary/aromatic N) is 2. The zero-order valence-electron chi connectivity index (χ0n) is 13.5. The third-order valence-electron chi connectivity index (χ3n) is 3.30. The maximum Gasteiger partial charge on any atom is 0.500 e. The van der Waals surface area contributed by atoms with Crippen LogP contribution in [0.25, 0.3) is 0 Å². The van der Waals surface area contributed by atoms with E-state index in [-0.39, 0.29) is 0 Å². The lowest BCUT2D eigenvalue weighted by molar-refractivity contribution is 0.0710. The normalized spacial score (nSPS) is 19.1. The van der Waals surface area contributed by atoms with Gasteiger partial charge in [-0.3, -0.25) is 4.99 Å². The van der Waals surface area contributed by atoms with Gasteiger partial charge in [0.25, 0.3) is 0 Å². The fraction of sp³-hybridized carbons (Fsp3) is 0.929. The lowest BCUT2D eigenvalue weighted by Crippen LogP contribution is -2.46. The Morgan fingerprint density at radius 2 is 1.70 bits per heavy atom. The van der Waals surface area contributed by atoms with Crippen molar-refractivity contribution in [3.8, 4) is 0 Å². The van der Waals surface area contributed by atoms with Gasteiger partial charge in [0.2, 0.25) is 0 Å². The van der Waals surface area contributed by atoms with E-state index in [2.05, 4.69) is 16.9 Å². The Morgan fingerprint density at radius 3 is 2.15 bits per heavy atom. The molecule has 0 spiro atoms. The molecule has 0 aromatic carbocycles. The zero-order chi connectivity index (χ0) is 14.8. The van der Waals surface area contributed by atoms with Gasteiger partial charge < -0.3 is 18.2 Å². The van der Waals surface area contributed by atoms with Gasteiger partial charge in [0.15, 0.2) is 0 Å². The molecule has 0 atom stereocenters. The van der Waals surface area contributed by atoms with Gasteiger partial charge in [-0.1, -0.05) is 0 Å². The van der Waals surface area contributed by atoms with E-state index in [0.29, 0.717) is 19.8 Å². The summed E-state index contributed by atoms with van der Waals surface area (Å²) in [7, 11) is -0.327. The van der Waals surface area contributed by atoms with Gasteiger partial charge in [-0.2, -0.15) is 0 Å². The van der Waals surface area contributed by atoms with E-state index >= 15 is 0 Å². The molecule has 20 heavy (non-hydrogen) atoms. The molecule has 0 amide bonds. The van der Waals surface area contributed by atoms with Crippen molar-refractivity contribution >= 4 is 14.5 Å².